The van der Waals surface area contributed by atoms with E-state index in [-0.39, 0.29) is 5.54 Å². The van der Waals surface area contributed by atoms with Gasteiger partial charge in [0.15, 0.2) is 0 Å². The summed E-state index contributed by atoms with van der Waals surface area (Å²) in [6, 6.07) is 9.84. The quantitative estimate of drug-likeness (QED) is 0.739. The van der Waals surface area contributed by atoms with Gasteiger partial charge in [-0.3, -0.25) is 4.90 Å². The summed E-state index contributed by atoms with van der Waals surface area (Å²) < 4.78 is 0. The lowest BCUT2D eigenvalue weighted by molar-refractivity contribution is 0.121. The highest BCUT2D eigenvalue weighted by atomic mass is 15.2. The molecule has 1 nitrogen and oxygen atoms in total. The maximum Gasteiger partial charge on any atom is 0.0356 e. The summed E-state index contributed by atoms with van der Waals surface area (Å²) in [5, 5.41) is 0. The molecule has 0 spiro atoms. The molecule has 1 heterocycles. The van der Waals surface area contributed by atoms with Crippen molar-refractivity contribution in [2.45, 2.75) is 64.0 Å². The molecule has 1 atom stereocenters. The highest BCUT2D eigenvalue weighted by Gasteiger charge is 2.36. The third-order valence-electron chi connectivity index (χ3n) is 4.49. The second-order valence-corrected chi connectivity index (χ2v) is 6.93. The molecular weight excluding hydrogens is 218 g/mol. The lowest BCUT2D eigenvalue weighted by Crippen LogP contribution is -2.40. The Kier molecular flexibility index (Phi) is 2.97. The number of benzene rings is 1. The van der Waals surface area contributed by atoms with Gasteiger partial charge in [0.2, 0.25) is 0 Å². The highest BCUT2D eigenvalue weighted by molar-refractivity contribution is 5.36. The summed E-state index contributed by atoms with van der Waals surface area (Å²) >= 11 is 0. The summed E-state index contributed by atoms with van der Waals surface area (Å²) in [5.74, 6) is 0.864. The molecule has 1 aromatic rings. The molecule has 0 amide bonds. The number of rotatable bonds is 2. The Morgan fingerprint density at radius 2 is 1.67 bits per heavy atom. The van der Waals surface area contributed by atoms with E-state index in [9.17, 15) is 0 Å². The van der Waals surface area contributed by atoms with Gasteiger partial charge >= 0.3 is 0 Å². The molecule has 2 aliphatic rings. The Morgan fingerprint density at radius 1 is 1.00 bits per heavy atom. The van der Waals surface area contributed by atoms with Gasteiger partial charge in [-0.1, -0.05) is 24.3 Å². The number of likely N-dealkylation sites (tertiary alicyclic amines) is 1. The first-order valence-corrected chi connectivity index (χ1v) is 7.43. The minimum Gasteiger partial charge on any atom is -0.291 e. The van der Waals surface area contributed by atoms with Gasteiger partial charge in [0, 0.05) is 11.6 Å². The van der Waals surface area contributed by atoms with E-state index < -0.39 is 0 Å². The molecule has 1 saturated heterocycles. The SMILES string of the molecule is CC(C)(C)N1CCCC1c1ccccc1C1CC1. The van der Waals surface area contributed by atoms with Gasteiger partial charge in [-0.25, -0.2) is 0 Å². The molecule has 0 bridgehead atoms. The van der Waals surface area contributed by atoms with Crippen LogP contribution in [0.2, 0.25) is 0 Å². The lowest BCUT2D eigenvalue weighted by Gasteiger charge is -2.38. The molecule has 2 fully saturated rings. The van der Waals surface area contributed by atoms with Gasteiger partial charge < -0.3 is 0 Å². The molecule has 98 valence electrons. The monoisotopic (exact) mass is 243 g/mol. The first-order valence-electron chi connectivity index (χ1n) is 7.43. The van der Waals surface area contributed by atoms with Gasteiger partial charge in [0.05, 0.1) is 0 Å². The van der Waals surface area contributed by atoms with Crippen LogP contribution in [-0.2, 0) is 0 Å². The number of hydrogen-bond donors (Lipinski definition) is 0. The predicted molar refractivity (Wildman–Crippen MR) is 76.9 cm³/mol. The van der Waals surface area contributed by atoms with Crippen molar-refractivity contribution in [3.05, 3.63) is 35.4 Å². The molecule has 1 unspecified atom stereocenters. The van der Waals surface area contributed by atoms with Crippen LogP contribution >= 0.6 is 0 Å². The third-order valence-corrected chi connectivity index (χ3v) is 4.49. The normalized spacial score (nSPS) is 25.6. The van der Waals surface area contributed by atoms with Crippen molar-refractivity contribution in [2.24, 2.45) is 0 Å². The lowest BCUT2D eigenvalue weighted by atomic mass is 9.93. The van der Waals surface area contributed by atoms with E-state index in [1.54, 1.807) is 11.1 Å². The highest BCUT2D eigenvalue weighted by Crippen LogP contribution is 2.46. The minimum absolute atomic E-state index is 0.290. The van der Waals surface area contributed by atoms with Gasteiger partial charge in [0.25, 0.3) is 0 Å². The summed E-state index contributed by atoms with van der Waals surface area (Å²) in [6.07, 6.45) is 5.49. The first kappa shape index (κ1) is 12.2. The van der Waals surface area contributed by atoms with Crippen LogP contribution in [0.25, 0.3) is 0 Å². The van der Waals surface area contributed by atoms with Crippen molar-refractivity contribution in [1.82, 2.24) is 4.90 Å². The van der Waals surface area contributed by atoms with E-state index in [1.807, 2.05) is 0 Å². The van der Waals surface area contributed by atoms with Crippen molar-refractivity contribution >= 4 is 0 Å². The fourth-order valence-electron chi connectivity index (χ4n) is 3.47. The summed E-state index contributed by atoms with van der Waals surface area (Å²) in [4.78, 5) is 2.70. The molecule has 1 aromatic carbocycles. The predicted octanol–water partition coefficient (Wildman–Crippen LogP) is 4.50. The summed E-state index contributed by atoms with van der Waals surface area (Å²) in [7, 11) is 0. The van der Waals surface area contributed by atoms with Crippen molar-refractivity contribution in [1.29, 1.82) is 0 Å². The molecule has 1 aliphatic heterocycles. The molecule has 0 radical (unpaired) electrons. The van der Waals surface area contributed by atoms with Gasteiger partial charge in [-0.05, 0) is 70.0 Å². The van der Waals surface area contributed by atoms with E-state index in [0.29, 0.717) is 6.04 Å². The third kappa shape index (κ3) is 2.21. The van der Waals surface area contributed by atoms with E-state index in [4.69, 9.17) is 0 Å². The molecule has 1 heteroatoms. The van der Waals surface area contributed by atoms with Crippen molar-refractivity contribution in [2.75, 3.05) is 6.54 Å². The van der Waals surface area contributed by atoms with Crippen LogP contribution in [0.4, 0.5) is 0 Å². The smallest absolute Gasteiger partial charge is 0.0356 e. The summed E-state index contributed by atoms with van der Waals surface area (Å²) in [5.41, 5.74) is 3.55. The molecule has 3 rings (SSSR count). The topological polar surface area (TPSA) is 3.24 Å². The Bertz CT molecular complexity index is 425. The second kappa shape index (κ2) is 4.38. The van der Waals surface area contributed by atoms with E-state index >= 15 is 0 Å². The van der Waals surface area contributed by atoms with Crippen LogP contribution in [0.15, 0.2) is 24.3 Å². The minimum atomic E-state index is 0.290. The maximum absolute atomic E-state index is 2.70. The fourth-order valence-corrected chi connectivity index (χ4v) is 3.47. The molecule has 0 N–H and O–H groups in total. The standard InChI is InChI=1S/C17H25N/c1-17(2,3)18-12-6-9-16(18)15-8-5-4-7-14(15)13-10-11-13/h4-5,7-8,13,16H,6,9-12H2,1-3H3. The first-order chi connectivity index (χ1) is 8.57. The Labute approximate surface area is 111 Å². The second-order valence-electron chi connectivity index (χ2n) is 6.93. The Balaban J connectivity index is 1.94. The Hall–Kier alpha value is -0.820. The van der Waals surface area contributed by atoms with Crippen molar-refractivity contribution in [3.63, 3.8) is 0 Å². The average molecular weight is 243 g/mol. The number of nitrogens with zero attached hydrogens (tertiary/aromatic N) is 1. The molecule has 18 heavy (non-hydrogen) atoms. The maximum atomic E-state index is 2.70. The van der Waals surface area contributed by atoms with Crippen LogP contribution < -0.4 is 0 Å². The molecule has 1 saturated carbocycles. The van der Waals surface area contributed by atoms with Crippen LogP contribution in [0.5, 0.6) is 0 Å². The Morgan fingerprint density at radius 3 is 2.28 bits per heavy atom. The zero-order valence-corrected chi connectivity index (χ0v) is 11.9. The van der Waals surface area contributed by atoms with Crippen molar-refractivity contribution < 1.29 is 0 Å². The zero-order valence-electron chi connectivity index (χ0n) is 11.9. The van der Waals surface area contributed by atoms with Gasteiger partial charge in [-0.15, -0.1) is 0 Å². The molecule has 1 aliphatic carbocycles. The zero-order chi connectivity index (χ0) is 12.8. The largest absolute Gasteiger partial charge is 0.291 e. The van der Waals surface area contributed by atoms with Crippen LogP contribution in [0.1, 0.15) is 69.5 Å². The van der Waals surface area contributed by atoms with E-state index in [2.05, 4.69) is 49.9 Å². The van der Waals surface area contributed by atoms with Crippen molar-refractivity contribution in [3.8, 4) is 0 Å². The summed E-state index contributed by atoms with van der Waals surface area (Å²) in [6.45, 7) is 8.31. The van der Waals surface area contributed by atoms with Gasteiger partial charge in [-0.2, -0.15) is 0 Å². The van der Waals surface area contributed by atoms with Gasteiger partial charge in [0.1, 0.15) is 0 Å². The van der Waals surface area contributed by atoms with Crippen LogP contribution in [-0.4, -0.2) is 17.0 Å². The fraction of sp³-hybridized carbons (Fsp3) is 0.647. The number of hydrogen-bond acceptors (Lipinski definition) is 1. The molecular formula is C17H25N. The van der Waals surface area contributed by atoms with Crippen LogP contribution in [0, 0.1) is 0 Å². The molecule has 0 aromatic heterocycles. The average Bonchev–Trinajstić information content (AvgIpc) is 3.04. The van der Waals surface area contributed by atoms with Crippen LogP contribution in [0.3, 0.4) is 0 Å². The van der Waals surface area contributed by atoms with E-state index in [0.717, 1.165) is 5.92 Å². The van der Waals surface area contributed by atoms with E-state index in [1.165, 1.54) is 32.2 Å².